The molecule has 0 amide bonds. The van der Waals surface area contributed by atoms with Crippen LogP contribution in [0.3, 0.4) is 0 Å². The third-order valence-electron chi connectivity index (χ3n) is 4.06. The molecule has 0 aliphatic heterocycles. The van der Waals surface area contributed by atoms with Crippen molar-refractivity contribution < 1.29 is 42.5 Å². The van der Waals surface area contributed by atoms with Gasteiger partial charge in [-0.05, 0) is 53.6 Å². The van der Waals surface area contributed by atoms with Crippen molar-refractivity contribution in [3.05, 3.63) is 41.5 Å². The van der Waals surface area contributed by atoms with Crippen LogP contribution in [0, 0.1) is 0 Å². The Morgan fingerprint density at radius 1 is 0.957 bits per heavy atom. The largest absolute Gasteiger partial charge is 1.00 e. The first-order valence-corrected chi connectivity index (χ1v) is 9.39. The first-order valence-electron chi connectivity index (χ1n) is 7.98. The predicted molar refractivity (Wildman–Crippen MR) is 89.1 cm³/mol. The van der Waals surface area contributed by atoms with Crippen LogP contribution in [0.25, 0.3) is 10.8 Å². The summed E-state index contributed by atoms with van der Waals surface area (Å²) in [6.45, 7) is 4.25. The fourth-order valence-corrected chi connectivity index (χ4v) is 3.64. The van der Waals surface area contributed by atoms with Crippen LogP contribution < -0.4 is 29.6 Å². The van der Waals surface area contributed by atoms with Gasteiger partial charge in [0.1, 0.15) is 10.1 Å². The van der Waals surface area contributed by atoms with E-state index in [0.29, 0.717) is 5.39 Å². The molecule has 0 radical (unpaired) electrons. The van der Waals surface area contributed by atoms with Gasteiger partial charge in [-0.1, -0.05) is 51.0 Å². The molecule has 2 aromatic rings. The van der Waals surface area contributed by atoms with Crippen molar-refractivity contribution in [1.29, 1.82) is 0 Å². The molecule has 0 saturated carbocycles. The Morgan fingerprint density at radius 2 is 1.52 bits per heavy atom. The summed E-state index contributed by atoms with van der Waals surface area (Å²) < 4.78 is 34.9. The van der Waals surface area contributed by atoms with Crippen LogP contribution in [0.2, 0.25) is 0 Å². The molecule has 0 aromatic heterocycles. The molecule has 0 N–H and O–H groups in total. The molecule has 0 aliphatic carbocycles. The van der Waals surface area contributed by atoms with Gasteiger partial charge in [-0.15, -0.1) is 0 Å². The second-order valence-electron chi connectivity index (χ2n) is 5.72. The van der Waals surface area contributed by atoms with E-state index in [0.717, 1.165) is 49.5 Å². The van der Waals surface area contributed by atoms with Crippen molar-refractivity contribution in [3.8, 4) is 0 Å². The zero-order valence-electron chi connectivity index (χ0n) is 14.3. The Morgan fingerprint density at radius 3 is 2.09 bits per heavy atom. The van der Waals surface area contributed by atoms with Gasteiger partial charge in [0.25, 0.3) is 0 Å². The molecule has 120 valence electrons. The topological polar surface area (TPSA) is 57.2 Å². The molecular weight excluding hydrogens is 319 g/mol. The van der Waals surface area contributed by atoms with E-state index >= 15 is 0 Å². The van der Waals surface area contributed by atoms with Gasteiger partial charge in [0.15, 0.2) is 0 Å². The van der Waals surface area contributed by atoms with Crippen molar-refractivity contribution in [1.82, 2.24) is 0 Å². The minimum atomic E-state index is -4.46. The van der Waals surface area contributed by atoms with Gasteiger partial charge in [0.2, 0.25) is 0 Å². The zero-order chi connectivity index (χ0) is 16.2. The Balaban J connectivity index is 0.00000264. The molecule has 23 heavy (non-hydrogen) atoms. The summed E-state index contributed by atoms with van der Waals surface area (Å²) in [6.07, 6.45) is 5.93. The summed E-state index contributed by atoms with van der Waals surface area (Å²) in [5.41, 5.74) is 2.22. The minimum Gasteiger partial charge on any atom is -0.744 e. The number of rotatable bonds is 7. The van der Waals surface area contributed by atoms with E-state index in [9.17, 15) is 13.0 Å². The average molecular weight is 342 g/mol. The van der Waals surface area contributed by atoms with Crippen LogP contribution >= 0.6 is 0 Å². The van der Waals surface area contributed by atoms with E-state index in [4.69, 9.17) is 0 Å². The molecule has 5 heteroatoms. The molecule has 0 atom stereocenters. The van der Waals surface area contributed by atoms with E-state index in [1.807, 2.05) is 12.1 Å². The number of fused-ring (bicyclic) bond motifs is 1. The number of aryl methyl sites for hydroxylation is 2. The number of benzene rings is 2. The zero-order valence-corrected chi connectivity index (χ0v) is 17.1. The van der Waals surface area contributed by atoms with Crippen molar-refractivity contribution >= 4 is 20.9 Å². The summed E-state index contributed by atoms with van der Waals surface area (Å²) in [5.74, 6) is 0. The van der Waals surface area contributed by atoms with E-state index < -0.39 is 10.1 Å². The molecule has 2 aromatic carbocycles. The summed E-state index contributed by atoms with van der Waals surface area (Å²) >= 11 is 0. The first kappa shape index (κ1) is 20.7. The summed E-state index contributed by atoms with van der Waals surface area (Å²) in [4.78, 5) is -0.0746. The van der Waals surface area contributed by atoms with Crippen molar-refractivity contribution in [2.24, 2.45) is 0 Å². The quantitative estimate of drug-likeness (QED) is 0.565. The van der Waals surface area contributed by atoms with Gasteiger partial charge in [0.05, 0.1) is 4.90 Å². The van der Waals surface area contributed by atoms with Crippen LogP contribution in [0.1, 0.15) is 50.7 Å². The molecule has 0 aliphatic rings. The Bertz CT molecular complexity index is 754. The average Bonchev–Trinajstić information content (AvgIpc) is 2.49. The monoisotopic (exact) mass is 342 g/mol. The molecule has 0 bridgehead atoms. The standard InChI is InChI=1S/C18H24O3S.Na/c1-3-5-9-14-13-18(22(19,20)21)17-12-8-7-11-16(17)15(14)10-6-4-2;/h7-8,11-13H,3-6,9-10H2,1-2H3,(H,19,20,21);/q;+1/p-1. The molecular formula is C18H23NaO3S. The molecule has 0 unspecified atom stereocenters. The number of hydrogen-bond donors (Lipinski definition) is 0. The fraction of sp³-hybridized carbons (Fsp3) is 0.444. The van der Waals surface area contributed by atoms with E-state index in [1.54, 1.807) is 18.2 Å². The van der Waals surface area contributed by atoms with Crippen LogP contribution in [0.15, 0.2) is 35.2 Å². The van der Waals surface area contributed by atoms with Gasteiger partial charge in [-0.3, -0.25) is 0 Å². The molecule has 0 spiro atoms. The summed E-state index contributed by atoms with van der Waals surface area (Å²) in [5, 5.41) is 1.47. The van der Waals surface area contributed by atoms with E-state index in [2.05, 4.69) is 13.8 Å². The maximum absolute atomic E-state index is 11.6. The van der Waals surface area contributed by atoms with Crippen LogP contribution in [0.5, 0.6) is 0 Å². The van der Waals surface area contributed by atoms with Gasteiger partial charge in [-0.25, -0.2) is 8.42 Å². The Hall–Kier alpha value is -0.390. The molecule has 2 rings (SSSR count). The van der Waals surface area contributed by atoms with Gasteiger partial charge < -0.3 is 4.55 Å². The minimum absolute atomic E-state index is 0. The van der Waals surface area contributed by atoms with Crippen molar-refractivity contribution in [2.75, 3.05) is 0 Å². The van der Waals surface area contributed by atoms with Crippen LogP contribution in [-0.2, 0) is 23.0 Å². The normalized spacial score (nSPS) is 11.4. The van der Waals surface area contributed by atoms with Crippen LogP contribution in [-0.4, -0.2) is 13.0 Å². The number of unbranched alkanes of at least 4 members (excludes halogenated alkanes) is 2. The molecule has 0 saturated heterocycles. The first-order chi connectivity index (χ1) is 10.5. The maximum Gasteiger partial charge on any atom is 1.00 e. The third-order valence-corrected chi connectivity index (χ3v) is 4.94. The fourth-order valence-electron chi connectivity index (χ4n) is 2.90. The van der Waals surface area contributed by atoms with Gasteiger partial charge in [0, 0.05) is 0 Å². The Kier molecular flexibility index (Phi) is 8.25. The second kappa shape index (κ2) is 9.19. The van der Waals surface area contributed by atoms with Crippen molar-refractivity contribution in [3.63, 3.8) is 0 Å². The van der Waals surface area contributed by atoms with Gasteiger partial charge in [-0.2, -0.15) is 0 Å². The van der Waals surface area contributed by atoms with Gasteiger partial charge >= 0.3 is 29.6 Å². The van der Waals surface area contributed by atoms with E-state index in [-0.39, 0.29) is 34.5 Å². The smallest absolute Gasteiger partial charge is 0.744 e. The number of hydrogen-bond acceptors (Lipinski definition) is 3. The van der Waals surface area contributed by atoms with E-state index in [1.165, 1.54) is 5.56 Å². The second-order valence-corrected chi connectivity index (χ2v) is 7.07. The SMILES string of the molecule is CCCCc1cc(S(=O)(=O)[O-])c2ccccc2c1CCCC.[Na+]. The molecule has 0 fully saturated rings. The molecule has 0 heterocycles. The third kappa shape index (κ3) is 5.04. The summed E-state index contributed by atoms with van der Waals surface area (Å²) in [7, 11) is -4.46. The van der Waals surface area contributed by atoms with Crippen molar-refractivity contribution in [2.45, 2.75) is 57.3 Å². The molecule has 3 nitrogen and oxygen atoms in total. The Labute approximate surface area is 161 Å². The summed E-state index contributed by atoms with van der Waals surface area (Å²) in [6, 6.07) is 8.98. The maximum atomic E-state index is 11.6. The predicted octanol–water partition coefficient (Wildman–Crippen LogP) is 1.43. The van der Waals surface area contributed by atoms with Crippen LogP contribution in [0.4, 0.5) is 0 Å².